The fourth-order valence-electron chi connectivity index (χ4n) is 1.64. The first-order valence-corrected chi connectivity index (χ1v) is 7.68. The topological polar surface area (TPSA) is 84.7 Å². The molecule has 0 aliphatic carbocycles. The summed E-state index contributed by atoms with van der Waals surface area (Å²) in [4.78, 5) is 0.804. The van der Waals surface area contributed by atoms with E-state index < -0.39 is 26.6 Å². The first-order valence-electron chi connectivity index (χ1n) is 6.19. The molecule has 0 aliphatic rings. The second-order valence-electron chi connectivity index (χ2n) is 4.51. The van der Waals surface area contributed by atoms with Crippen molar-refractivity contribution < 1.29 is 21.9 Å². The third-order valence-corrected chi connectivity index (χ3v) is 4.26. The summed E-state index contributed by atoms with van der Waals surface area (Å²) in [5, 5.41) is 0. The minimum Gasteiger partial charge on any atom is -0.399 e. The maximum absolute atomic E-state index is 13.6. The van der Waals surface area contributed by atoms with Crippen LogP contribution < -0.4 is 10.5 Å². The number of halogens is 2. The van der Waals surface area contributed by atoms with Crippen LogP contribution in [0.3, 0.4) is 0 Å². The number of benzene rings is 1. The van der Waals surface area contributed by atoms with Gasteiger partial charge in [-0.3, -0.25) is 0 Å². The van der Waals surface area contributed by atoms with Crippen molar-refractivity contribution in [2.45, 2.75) is 4.90 Å². The van der Waals surface area contributed by atoms with E-state index in [9.17, 15) is 17.2 Å². The number of ether oxygens (including phenoxy) is 1. The maximum Gasteiger partial charge on any atom is 0.246 e. The van der Waals surface area contributed by atoms with E-state index in [2.05, 4.69) is 4.72 Å². The monoisotopic (exact) mass is 323 g/mol. The van der Waals surface area contributed by atoms with E-state index in [0.717, 1.165) is 12.1 Å². The zero-order chi connectivity index (χ0) is 16.0. The lowest BCUT2D eigenvalue weighted by molar-refractivity contribution is 0.162. The van der Waals surface area contributed by atoms with Gasteiger partial charge in [-0.1, -0.05) is 0 Å². The summed E-state index contributed by atoms with van der Waals surface area (Å²) >= 11 is 0. The van der Waals surface area contributed by atoms with Gasteiger partial charge in [0.15, 0.2) is 4.90 Å². The van der Waals surface area contributed by atoms with E-state index in [0.29, 0.717) is 19.7 Å². The number of nitrogen functional groups attached to an aromatic ring is 1. The van der Waals surface area contributed by atoms with E-state index in [1.807, 2.05) is 4.90 Å². The average molecular weight is 323 g/mol. The van der Waals surface area contributed by atoms with Gasteiger partial charge in [-0.15, -0.1) is 0 Å². The second kappa shape index (κ2) is 7.64. The molecular weight excluding hydrogens is 304 g/mol. The molecule has 120 valence electrons. The molecule has 0 aromatic heterocycles. The van der Waals surface area contributed by atoms with Gasteiger partial charge >= 0.3 is 0 Å². The Kier molecular flexibility index (Phi) is 6.46. The molecule has 1 rings (SSSR count). The van der Waals surface area contributed by atoms with E-state index in [1.165, 1.54) is 0 Å². The number of nitrogens with one attached hydrogen (secondary N) is 1. The Morgan fingerprint density at radius 3 is 2.38 bits per heavy atom. The smallest absolute Gasteiger partial charge is 0.246 e. The third kappa shape index (κ3) is 5.20. The van der Waals surface area contributed by atoms with Gasteiger partial charge in [0.2, 0.25) is 10.0 Å². The van der Waals surface area contributed by atoms with E-state index in [1.54, 1.807) is 14.2 Å². The number of nitrogens with two attached hydrogens (primary N) is 1. The summed E-state index contributed by atoms with van der Waals surface area (Å²) in [6.07, 6.45) is 0. The number of hydrogen-bond donors (Lipinski definition) is 2. The van der Waals surface area contributed by atoms with E-state index in [-0.39, 0.29) is 12.2 Å². The standard InChI is InChI=1S/C12H19F2N3O3S/c1-17(5-6-20-2)4-3-16-21(18,19)12-10(13)7-9(15)8-11(12)14/h7-8,16H,3-6,15H2,1-2H3. The van der Waals surface area contributed by atoms with Crippen molar-refractivity contribution in [3.8, 4) is 0 Å². The molecule has 0 fully saturated rings. The van der Waals surface area contributed by atoms with Crippen LogP contribution in [0.15, 0.2) is 17.0 Å². The molecule has 0 bridgehead atoms. The number of sulfonamides is 1. The van der Waals surface area contributed by atoms with Gasteiger partial charge in [-0.25, -0.2) is 21.9 Å². The van der Waals surface area contributed by atoms with Gasteiger partial charge in [0, 0.05) is 32.4 Å². The van der Waals surface area contributed by atoms with Crippen LogP contribution in [0.25, 0.3) is 0 Å². The SMILES string of the molecule is COCCN(C)CCNS(=O)(=O)c1c(F)cc(N)cc1F. The number of nitrogens with zero attached hydrogens (tertiary/aromatic N) is 1. The van der Waals surface area contributed by atoms with Gasteiger partial charge in [-0.05, 0) is 19.2 Å². The number of likely N-dealkylation sites (N-methyl/N-ethyl adjacent to an activating group) is 1. The van der Waals surface area contributed by atoms with Gasteiger partial charge < -0.3 is 15.4 Å². The van der Waals surface area contributed by atoms with Crippen molar-refractivity contribution in [3.05, 3.63) is 23.8 Å². The predicted molar refractivity (Wildman–Crippen MR) is 75.3 cm³/mol. The average Bonchev–Trinajstić information content (AvgIpc) is 2.34. The summed E-state index contributed by atoms with van der Waals surface area (Å²) in [6, 6.07) is 1.53. The van der Waals surface area contributed by atoms with Crippen LogP contribution in [0.1, 0.15) is 0 Å². The second-order valence-corrected chi connectivity index (χ2v) is 6.21. The quantitative estimate of drug-likeness (QED) is 0.677. The summed E-state index contributed by atoms with van der Waals surface area (Å²) < 4.78 is 58.0. The maximum atomic E-state index is 13.6. The third-order valence-electron chi connectivity index (χ3n) is 2.75. The highest BCUT2D eigenvalue weighted by Crippen LogP contribution is 2.21. The van der Waals surface area contributed by atoms with Crippen molar-refractivity contribution in [1.82, 2.24) is 9.62 Å². The fraction of sp³-hybridized carbons (Fsp3) is 0.500. The highest BCUT2D eigenvalue weighted by molar-refractivity contribution is 7.89. The van der Waals surface area contributed by atoms with Crippen molar-refractivity contribution in [2.24, 2.45) is 0 Å². The molecular formula is C12H19F2N3O3S. The number of rotatable bonds is 8. The molecule has 3 N–H and O–H groups in total. The van der Waals surface area contributed by atoms with Crippen molar-refractivity contribution in [3.63, 3.8) is 0 Å². The van der Waals surface area contributed by atoms with Gasteiger partial charge in [0.1, 0.15) is 11.6 Å². The predicted octanol–water partition coefficient (Wildman–Crippen LogP) is 0.403. The molecule has 0 heterocycles. The summed E-state index contributed by atoms with van der Waals surface area (Å²) in [7, 11) is -0.934. The van der Waals surface area contributed by atoms with E-state index >= 15 is 0 Å². The Morgan fingerprint density at radius 1 is 1.29 bits per heavy atom. The normalized spacial score (nSPS) is 12.0. The Hall–Kier alpha value is -1.29. The first-order chi connectivity index (χ1) is 9.77. The molecule has 21 heavy (non-hydrogen) atoms. The Balaban J connectivity index is 2.71. The van der Waals surface area contributed by atoms with Crippen LogP contribution in [0.5, 0.6) is 0 Å². The van der Waals surface area contributed by atoms with Crippen molar-refractivity contribution >= 4 is 15.7 Å². The number of hydrogen-bond acceptors (Lipinski definition) is 5. The molecule has 0 radical (unpaired) electrons. The van der Waals surface area contributed by atoms with Crippen LogP contribution in [0.4, 0.5) is 14.5 Å². The largest absolute Gasteiger partial charge is 0.399 e. The molecule has 1 aromatic carbocycles. The zero-order valence-electron chi connectivity index (χ0n) is 11.9. The first kappa shape index (κ1) is 17.8. The zero-order valence-corrected chi connectivity index (χ0v) is 12.7. The van der Waals surface area contributed by atoms with Crippen LogP contribution >= 0.6 is 0 Å². The van der Waals surface area contributed by atoms with Crippen LogP contribution in [-0.2, 0) is 14.8 Å². The highest BCUT2D eigenvalue weighted by Gasteiger charge is 2.24. The Labute approximate surface area is 122 Å². The molecule has 6 nitrogen and oxygen atoms in total. The molecule has 0 spiro atoms. The van der Waals surface area contributed by atoms with Gasteiger partial charge in [0.25, 0.3) is 0 Å². The molecule has 0 saturated carbocycles. The van der Waals surface area contributed by atoms with Crippen LogP contribution in [0.2, 0.25) is 0 Å². The molecule has 9 heteroatoms. The lowest BCUT2D eigenvalue weighted by atomic mass is 10.3. The minimum atomic E-state index is -4.27. The van der Waals surface area contributed by atoms with Gasteiger partial charge in [0.05, 0.1) is 6.61 Å². The molecule has 0 unspecified atom stereocenters. The van der Waals surface area contributed by atoms with E-state index in [4.69, 9.17) is 10.5 Å². The summed E-state index contributed by atoms with van der Waals surface area (Å²) in [5.41, 5.74) is 5.07. The fourth-order valence-corrected chi connectivity index (χ4v) is 2.77. The lowest BCUT2D eigenvalue weighted by Crippen LogP contribution is -2.35. The Morgan fingerprint density at radius 2 is 1.86 bits per heavy atom. The van der Waals surface area contributed by atoms with Crippen LogP contribution in [-0.4, -0.2) is 53.7 Å². The lowest BCUT2D eigenvalue weighted by Gasteiger charge is -2.16. The highest BCUT2D eigenvalue weighted by atomic mass is 32.2. The summed E-state index contributed by atoms with van der Waals surface area (Å²) in [5.74, 6) is -2.43. The molecule has 1 aromatic rings. The Bertz CT molecular complexity index is 558. The minimum absolute atomic E-state index is 0.0196. The van der Waals surface area contributed by atoms with Gasteiger partial charge in [-0.2, -0.15) is 0 Å². The molecule has 0 aliphatic heterocycles. The van der Waals surface area contributed by atoms with Crippen LogP contribution in [0, 0.1) is 11.6 Å². The molecule has 0 amide bonds. The van der Waals surface area contributed by atoms with Crippen molar-refractivity contribution in [2.75, 3.05) is 46.1 Å². The molecule has 0 atom stereocenters. The number of methoxy groups -OCH3 is 1. The summed E-state index contributed by atoms with van der Waals surface area (Å²) in [6.45, 7) is 1.51. The van der Waals surface area contributed by atoms with Crippen molar-refractivity contribution in [1.29, 1.82) is 0 Å². The number of anilines is 1. The molecule has 0 saturated heterocycles.